The van der Waals surface area contributed by atoms with Gasteiger partial charge in [-0.2, -0.15) is 13.2 Å². The summed E-state index contributed by atoms with van der Waals surface area (Å²) < 4.78 is 38.2. The van der Waals surface area contributed by atoms with Crippen LogP contribution in [0.3, 0.4) is 0 Å². The number of rotatable bonds is 2. The molecule has 0 fully saturated rings. The van der Waals surface area contributed by atoms with Crippen LogP contribution >= 0.6 is 15.9 Å². The van der Waals surface area contributed by atoms with Crippen molar-refractivity contribution < 1.29 is 18.0 Å². The molecule has 2 aromatic rings. The summed E-state index contributed by atoms with van der Waals surface area (Å²) in [5.74, 6) is -0.490. The Hall–Kier alpha value is -2.09. The van der Waals surface area contributed by atoms with Crippen molar-refractivity contribution in [2.24, 2.45) is 0 Å². The average molecular weight is 360 g/mol. The predicted molar refractivity (Wildman–Crippen MR) is 75.7 cm³/mol. The van der Waals surface area contributed by atoms with E-state index in [1.54, 1.807) is 0 Å². The first-order valence-electron chi connectivity index (χ1n) is 5.67. The molecule has 1 amide bonds. The quantitative estimate of drug-likeness (QED) is 0.858. The van der Waals surface area contributed by atoms with Gasteiger partial charge in [0.05, 0.1) is 17.4 Å². The third kappa shape index (κ3) is 3.72. The van der Waals surface area contributed by atoms with E-state index in [9.17, 15) is 18.0 Å². The predicted octanol–water partition coefficient (Wildman–Crippen LogP) is 3.70. The number of carbonyl (C=O) groups is 1. The highest BCUT2D eigenvalue weighted by atomic mass is 79.9. The third-order valence-corrected chi connectivity index (χ3v) is 3.25. The molecule has 0 aliphatic heterocycles. The lowest BCUT2D eigenvalue weighted by Crippen LogP contribution is -2.15. The third-order valence-electron chi connectivity index (χ3n) is 2.56. The number of nitrogens with zero attached hydrogens (tertiary/aromatic N) is 1. The second-order valence-corrected chi connectivity index (χ2v) is 4.98. The maximum absolute atomic E-state index is 12.8. The van der Waals surface area contributed by atoms with Gasteiger partial charge in [-0.05, 0) is 30.3 Å². The van der Waals surface area contributed by atoms with E-state index >= 15 is 0 Å². The maximum Gasteiger partial charge on any atom is 0.417 e. The molecule has 1 aromatic heterocycles. The second kappa shape index (κ2) is 5.72. The van der Waals surface area contributed by atoms with E-state index in [-0.39, 0.29) is 15.9 Å². The van der Waals surface area contributed by atoms with Gasteiger partial charge >= 0.3 is 6.18 Å². The number of amides is 1. The van der Waals surface area contributed by atoms with E-state index in [2.05, 4.69) is 26.2 Å². The van der Waals surface area contributed by atoms with Crippen LogP contribution in [0.15, 0.2) is 41.0 Å². The number of hydrogen-bond acceptors (Lipinski definition) is 3. The molecule has 0 saturated carbocycles. The number of alkyl halides is 3. The van der Waals surface area contributed by atoms with Crippen LogP contribution in [0.5, 0.6) is 0 Å². The number of carbonyl (C=O) groups excluding carboxylic acids is 1. The van der Waals surface area contributed by atoms with Crippen LogP contribution in [0.25, 0.3) is 0 Å². The number of anilines is 2. The molecular weight excluding hydrogens is 351 g/mol. The van der Waals surface area contributed by atoms with E-state index < -0.39 is 17.6 Å². The minimum absolute atomic E-state index is 0.121. The van der Waals surface area contributed by atoms with Crippen molar-refractivity contribution in [2.75, 3.05) is 11.1 Å². The van der Waals surface area contributed by atoms with Crippen molar-refractivity contribution in [3.8, 4) is 0 Å². The fraction of sp³-hybridized carbons (Fsp3) is 0.0769. The standard InChI is InChI=1S/C13H9BrF3N3O/c14-10-3-1-7(5-9(10)13(15,16)17)12(21)20-11-4-2-8(18)6-19-11/h1-6H,18H2,(H,19,20,21). The molecular formula is C13H9BrF3N3O. The lowest BCUT2D eigenvalue weighted by Gasteiger charge is -2.11. The average Bonchev–Trinajstić information content (AvgIpc) is 2.40. The van der Waals surface area contributed by atoms with Crippen molar-refractivity contribution >= 4 is 33.3 Å². The molecule has 110 valence electrons. The van der Waals surface area contributed by atoms with Gasteiger partial charge < -0.3 is 11.1 Å². The summed E-state index contributed by atoms with van der Waals surface area (Å²) in [6.07, 6.45) is -3.22. The normalized spacial score (nSPS) is 11.2. The van der Waals surface area contributed by atoms with Gasteiger partial charge in [-0.25, -0.2) is 4.98 Å². The SMILES string of the molecule is Nc1ccc(NC(=O)c2ccc(Br)c(C(F)(F)F)c2)nc1. The maximum atomic E-state index is 12.8. The Morgan fingerprint density at radius 3 is 2.52 bits per heavy atom. The summed E-state index contributed by atoms with van der Waals surface area (Å²) in [5.41, 5.74) is 4.82. The highest BCUT2D eigenvalue weighted by molar-refractivity contribution is 9.10. The molecule has 0 spiro atoms. The topological polar surface area (TPSA) is 68.0 Å². The van der Waals surface area contributed by atoms with Gasteiger partial charge in [-0.1, -0.05) is 15.9 Å². The van der Waals surface area contributed by atoms with Crippen molar-refractivity contribution in [1.82, 2.24) is 4.98 Å². The van der Waals surface area contributed by atoms with Crippen molar-refractivity contribution in [1.29, 1.82) is 0 Å². The summed E-state index contributed by atoms with van der Waals surface area (Å²) in [7, 11) is 0. The summed E-state index contributed by atoms with van der Waals surface area (Å²) in [4.78, 5) is 15.8. The smallest absolute Gasteiger partial charge is 0.397 e. The fourth-order valence-corrected chi connectivity index (χ4v) is 2.02. The highest BCUT2D eigenvalue weighted by Gasteiger charge is 2.33. The molecule has 0 aliphatic carbocycles. The Balaban J connectivity index is 2.25. The summed E-state index contributed by atoms with van der Waals surface area (Å²) >= 11 is 2.81. The first-order chi connectivity index (χ1) is 9.77. The molecule has 2 rings (SSSR count). The largest absolute Gasteiger partial charge is 0.417 e. The Labute approximate surface area is 126 Å². The zero-order chi connectivity index (χ0) is 15.6. The number of benzene rings is 1. The van der Waals surface area contributed by atoms with Crippen molar-refractivity contribution in [3.05, 3.63) is 52.1 Å². The van der Waals surface area contributed by atoms with Crippen LogP contribution in [0.1, 0.15) is 15.9 Å². The van der Waals surface area contributed by atoms with E-state index in [1.807, 2.05) is 0 Å². The van der Waals surface area contributed by atoms with Crippen molar-refractivity contribution in [3.63, 3.8) is 0 Å². The number of nitrogen functional groups attached to an aromatic ring is 1. The van der Waals surface area contributed by atoms with E-state index in [4.69, 9.17) is 5.73 Å². The van der Waals surface area contributed by atoms with Gasteiger partial charge in [0.25, 0.3) is 5.91 Å². The van der Waals surface area contributed by atoms with Crippen LogP contribution in [-0.4, -0.2) is 10.9 Å². The number of halogens is 4. The monoisotopic (exact) mass is 359 g/mol. The zero-order valence-corrected chi connectivity index (χ0v) is 12.0. The van der Waals surface area contributed by atoms with Gasteiger partial charge in [-0.3, -0.25) is 4.79 Å². The molecule has 0 saturated heterocycles. The molecule has 8 heteroatoms. The second-order valence-electron chi connectivity index (χ2n) is 4.12. The summed E-state index contributed by atoms with van der Waals surface area (Å²) in [5, 5.41) is 2.40. The minimum atomic E-state index is -4.55. The lowest BCUT2D eigenvalue weighted by molar-refractivity contribution is -0.138. The Morgan fingerprint density at radius 1 is 1.24 bits per heavy atom. The summed E-state index contributed by atoms with van der Waals surface area (Å²) in [6.45, 7) is 0. The number of pyridine rings is 1. The summed E-state index contributed by atoms with van der Waals surface area (Å²) in [6, 6.07) is 6.21. The van der Waals surface area contributed by atoms with Crippen LogP contribution in [0.4, 0.5) is 24.7 Å². The van der Waals surface area contributed by atoms with E-state index in [1.165, 1.54) is 30.5 Å². The molecule has 0 unspecified atom stereocenters. The van der Waals surface area contributed by atoms with Crippen LogP contribution < -0.4 is 11.1 Å². The molecule has 4 nitrogen and oxygen atoms in total. The number of nitrogens with one attached hydrogen (secondary N) is 1. The zero-order valence-electron chi connectivity index (χ0n) is 10.4. The van der Waals surface area contributed by atoms with Crippen LogP contribution in [-0.2, 0) is 6.18 Å². The Kier molecular flexibility index (Phi) is 4.17. The van der Waals surface area contributed by atoms with Gasteiger partial charge in [-0.15, -0.1) is 0 Å². The molecule has 3 N–H and O–H groups in total. The molecule has 1 heterocycles. The lowest BCUT2D eigenvalue weighted by atomic mass is 10.1. The highest BCUT2D eigenvalue weighted by Crippen LogP contribution is 2.35. The first kappa shape index (κ1) is 15.3. The number of aromatic nitrogens is 1. The first-order valence-corrected chi connectivity index (χ1v) is 6.46. The van der Waals surface area contributed by atoms with Gasteiger partial charge in [0, 0.05) is 10.0 Å². The van der Waals surface area contributed by atoms with Crippen LogP contribution in [0, 0.1) is 0 Å². The van der Waals surface area contributed by atoms with Crippen LogP contribution in [0.2, 0.25) is 0 Å². The minimum Gasteiger partial charge on any atom is -0.397 e. The van der Waals surface area contributed by atoms with Gasteiger partial charge in [0.15, 0.2) is 0 Å². The van der Waals surface area contributed by atoms with E-state index in [0.29, 0.717) is 5.69 Å². The molecule has 1 aromatic carbocycles. The fourth-order valence-electron chi connectivity index (χ4n) is 1.55. The Bertz CT molecular complexity index is 671. The number of hydrogen-bond donors (Lipinski definition) is 2. The van der Waals surface area contributed by atoms with E-state index in [0.717, 1.165) is 6.07 Å². The van der Waals surface area contributed by atoms with Gasteiger partial charge in [0.2, 0.25) is 0 Å². The van der Waals surface area contributed by atoms with Gasteiger partial charge in [0.1, 0.15) is 5.82 Å². The van der Waals surface area contributed by atoms with Crippen molar-refractivity contribution in [2.45, 2.75) is 6.18 Å². The Morgan fingerprint density at radius 2 is 1.95 bits per heavy atom. The molecule has 0 atom stereocenters. The molecule has 21 heavy (non-hydrogen) atoms. The molecule has 0 radical (unpaired) electrons. The molecule has 0 aliphatic rings. The molecule has 0 bridgehead atoms. The number of nitrogens with two attached hydrogens (primary N) is 1.